The minimum Gasteiger partial charge on any atom is -0.347 e. The van der Waals surface area contributed by atoms with Gasteiger partial charge in [-0.1, -0.05) is 22.0 Å². The summed E-state index contributed by atoms with van der Waals surface area (Å²) < 4.78 is 2.57. The van der Waals surface area contributed by atoms with Gasteiger partial charge in [0.05, 0.1) is 5.52 Å². The third-order valence-electron chi connectivity index (χ3n) is 3.98. The summed E-state index contributed by atoms with van der Waals surface area (Å²) in [4.78, 5) is 29.4. The van der Waals surface area contributed by atoms with Gasteiger partial charge in [-0.2, -0.15) is 0 Å². The summed E-state index contributed by atoms with van der Waals surface area (Å²) in [7, 11) is 0. The molecule has 3 aromatic rings. The maximum atomic E-state index is 12.7. The van der Waals surface area contributed by atoms with E-state index in [9.17, 15) is 9.59 Å². The van der Waals surface area contributed by atoms with Gasteiger partial charge in [0.2, 0.25) is 5.82 Å². The Kier molecular flexibility index (Phi) is 4.01. The van der Waals surface area contributed by atoms with Crippen LogP contribution in [0.3, 0.4) is 0 Å². The van der Waals surface area contributed by atoms with Crippen molar-refractivity contribution in [2.45, 2.75) is 18.9 Å². The van der Waals surface area contributed by atoms with Crippen LogP contribution in [0.25, 0.3) is 5.52 Å². The Labute approximate surface area is 152 Å². The Hall–Kier alpha value is -2.67. The minimum atomic E-state index is -0.350. The van der Waals surface area contributed by atoms with Gasteiger partial charge in [-0.05, 0) is 49.2 Å². The van der Waals surface area contributed by atoms with Crippen molar-refractivity contribution in [3.8, 4) is 0 Å². The zero-order chi connectivity index (χ0) is 17.4. The number of benzene rings is 1. The van der Waals surface area contributed by atoms with Crippen molar-refractivity contribution in [1.82, 2.24) is 14.7 Å². The first-order chi connectivity index (χ1) is 12.1. The van der Waals surface area contributed by atoms with E-state index in [-0.39, 0.29) is 29.4 Å². The monoisotopic (exact) mass is 398 g/mol. The zero-order valence-electron chi connectivity index (χ0n) is 13.2. The van der Waals surface area contributed by atoms with Crippen LogP contribution in [0, 0.1) is 0 Å². The van der Waals surface area contributed by atoms with E-state index in [2.05, 4.69) is 31.5 Å². The summed E-state index contributed by atoms with van der Waals surface area (Å²) in [6.07, 6.45) is 3.72. The van der Waals surface area contributed by atoms with E-state index in [1.54, 1.807) is 34.9 Å². The highest BCUT2D eigenvalue weighted by Crippen LogP contribution is 2.21. The van der Waals surface area contributed by atoms with Crippen molar-refractivity contribution >= 4 is 38.9 Å². The molecule has 1 aromatic carbocycles. The fourth-order valence-corrected chi connectivity index (χ4v) is 2.83. The third-order valence-corrected chi connectivity index (χ3v) is 4.51. The van der Waals surface area contributed by atoms with Gasteiger partial charge in [0.15, 0.2) is 5.69 Å². The molecule has 0 radical (unpaired) electrons. The summed E-state index contributed by atoms with van der Waals surface area (Å²) in [6.45, 7) is 0. The van der Waals surface area contributed by atoms with Crippen molar-refractivity contribution in [3.63, 3.8) is 0 Å². The molecule has 0 aliphatic heterocycles. The van der Waals surface area contributed by atoms with Crippen molar-refractivity contribution in [1.29, 1.82) is 0 Å². The molecule has 0 bridgehead atoms. The van der Waals surface area contributed by atoms with Crippen molar-refractivity contribution in [2.75, 3.05) is 5.32 Å². The maximum Gasteiger partial charge on any atom is 0.287 e. The minimum absolute atomic E-state index is 0.225. The van der Waals surface area contributed by atoms with Gasteiger partial charge < -0.3 is 10.6 Å². The number of rotatable bonds is 4. The Morgan fingerprint density at radius 1 is 1.08 bits per heavy atom. The normalized spacial score (nSPS) is 13.6. The number of hydrogen-bond donors (Lipinski definition) is 2. The number of aromatic nitrogens is 2. The van der Waals surface area contributed by atoms with Crippen LogP contribution < -0.4 is 10.6 Å². The molecule has 25 heavy (non-hydrogen) atoms. The predicted molar refractivity (Wildman–Crippen MR) is 97.8 cm³/mol. The van der Waals surface area contributed by atoms with Crippen molar-refractivity contribution < 1.29 is 9.59 Å². The van der Waals surface area contributed by atoms with Crippen LogP contribution in [-0.4, -0.2) is 27.2 Å². The first-order valence-corrected chi connectivity index (χ1v) is 8.76. The van der Waals surface area contributed by atoms with Crippen molar-refractivity contribution in [3.05, 3.63) is 64.7 Å². The fraction of sp³-hybridized carbons (Fsp3) is 0.167. The Morgan fingerprint density at radius 2 is 1.84 bits per heavy atom. The molecular formula is C18H15BrN4O2. The van der Waals surface area contributed by atoms with Crippen molar-refractivity contribution in [2.24, 2.45) is 0 Å². The summed E-state index contributed by atoms with van der Waals surface area (Å²) in [5.41, 5.74) is 1.48. The Bertz CT molecular complexity index is 961. The predicted octanol–water partition coefficient (Wildman–Crippen LogP) is 3.24. The number of fused-ring (bicyclic) bond motifs is 1. The fourth-order valence-electron chi connectivity index (χ4n) is 2.57. The average Bonchev–Trinajstić information content (AvgIpc) is 3.33. The summed E-state index contributed by atoms with van der Waals surface area (Å²) >= 11 is 3.36. The summed E-state index contributed by atoms with van der Waals surface area (Å²) in [6, 6.07) is 12.9. The van der Waals surface area contributed by atoms with E-state index < -0.39 is 0 Å². The molecule has 7 heteroatoms. The second kappa shape index (κ2) is 6.33. The number of hydrogen-bond acceptors (Lipinski definition) is 3. The molecule has 2 amide bonds. The molecule has 126 valence electrons. The van der Waals surface area contributed by atoms with Crippen LogP contribution in [0.2, 0.25) is 0 Å². The van der Waals surface area contributed by atoms with E-state index in [4.69, 9.17) is 0 Å². The largest absolute Gasteiger partial charge is 0.347 e. The van der Waals surface area contributed by atoms with E-state index in [0.29, 0.717) is 11.2 Å². The van der Waals surface area contributed by atoms with Gasteiger partial charge in [-0.25, -0.2) is 4.98 Å². The lowest BCUT2D eigenvalue weighted by atomic mass is 10.3. The molecule has 1 fully saturated rings. The molecule has 1 aliphatic carbocycles. The molecule has 6 nitrogen and oxygen atoms in total. The SMILES string of the molecule is O=C(Nc1ccc(Br)cc1)c1nc(C(=O)NC2CC2)n2ccccc12. The molecule has 0 spiro atoms. The molecule has 0 unspecified atom stereocenters. The molecule has 0 atom stereocenters. The van der Waals surface area contributed by atoms with Gasteiger partial charge in [0, 0.05) is 22.4 Å². The van der Waals surface area contributed by atoms with E-state index >= 15 is 0 Å². The van der Waals surface area contributed by atoms with Gasteiger partial charge >= 0.3 is 0 Å². The van der Waals surface area contributed by atoms with Crippen LogP contribution in [0.1, 0.15) is 33.9 Å². The smallest absolute Gasteiger partial charge is 0.287 e. The first kappa shape index (κ1) is 15.8. The van der Waals surface area contributed by atoms with E-state index in [1.807, 2.05) is 18.2 Å². The molecule has 0 saturated heterocycles. The molecule has 2 N–H and O–H groups in total. The lowest BCUT2D eigenvalue weighted by Gasteiger charge is -2.03. The number of anilines is 1. The number of amides is 2. The molecule has 2 heterocycles. The highest BCUT2D eigenvalue weighted by Gasteiger charge is 2.27. The number of carbonyl (C=O) groups excluding carboxylic acids is 2. The molecule has 2 aromatic heterocycles. The zero-order valence-corrected chi connectivity index (χ0v) is 14.8. The number of nitrogens with one attached hydrogen (secondary N) is 2. The van der Waals surface area contributed by atoms with E-state index in [0.717, 1.165) is 17.3 Å². The third kappa shape index (κ3) is 3.28. The van der Waals surface area contributed by atoms with Crippen LogP contribution in [0.4, 0.5) is 5.69 Å². The lowest BCUT2D eigenvalue weighted by molar-refractivity contribution is 0.0940. The quantitative estimate of drug-likeness (QED) is 0.708. The molecule has 1 saturated carbocycles. The van der Waals surface area contributed by atoms with Gasteiger partial charge in [0.25, 0.3) is 11.8 Å². The standard InChI is InChI=1S/C18H15BrN4O2/c19-11-4-6-12(7-5-11)20-17(24)15-14-3-1-2-10-23(14)16(22-15)18(25)21-13-8-9-13/h1-7,10,13H,8-9H2,(H,20,24)(H,21,25). The Morgan fingerprint density at radius 3 is 2.56 bits per heavy atom. The summed E-state index contributed by atoms with van der Waals surface area (Å²) in [5.74, 6) is -0.383. The average molecular weight is 399 g/mol. The number of pyridine rings is 1. The molecule has 4 rings (SSSR count). The summed E-state index contributed by atoms with van der Waals surface area (Å²) in [5, 5.41) is 5.73. The number of carbonyl (C=O) groups is 2. The topological polar surface area (TPSA) is 75.5 Å². The second-order valence-electron chi connectivity index (χ2n) is 5.95. The molecular weight excluding hydrogens is 384 g/mol. The first-order valence-electron chi connectivity index (χ1n) is 7.97. The highest BCUT2D eigenvalue weighted by molar-refractivity contribution is 9.10. The number of imidazole rings is 1. The van der Waals surface area contributed by atoms with Crippen LogP contribution >= 0.6 is 15.9 Å². The van der Waals surface area contributed by atoms with Gasteiger partial charge in [0.1, 0.15) is 0 Å². The maximum absolute atomic E-state index is 12.7. The Balaban J connectivity index is 1.67. The van der Waals surface area contributed by atoms with Crippen LogP contribution in [-0.2, 0) is 0 Å². The molecule has 1 aliphatic rings. The van der Waals surface area contributed by atoms with Crippen LogP contribution in [0.5, 0.6) is 0 Å². The van der Waals surface area contributed by atoms with Gasteiger partial charge in [-0.15, -0.1) is 0 Å². The lowest BCUT2D eigenvalue weighted by Crippen LogP contribution is -2.27. The van der Waals surface area contributed by atoms with E-state index in [1.165, 1.54) is 0 Å². The second-order valence-corrected chi connectivity index (χ2v) is 6.86. The van der Waals surface area contributed by atoms with Crippen LogP contribution in [0.15, 0.2) is 53.1 Å². The van der Waals surface area contributed by atoms with Gasteiger partial charge in [-0.3, -0.25) is 14.0 Å². The number of halogens is 1. The number of nitrogens with zero attached hydrogens (tertiary/aromatic N) is 2. The highest BCUT2D eigenvalue weighted by atomic mass is 79.9.